The molecule has 9 heteroatoms. The van der Waals surface area contributed by atoms with Gasteiger partial charge in [0, 0.05) is 29.1 Å². The fourth-order valence-electron chi connectivity index (χ4n) is 3.50. The molecule has 0 aliphatic heterocycles. The molecular weight excluding hydrogens is 401 g/mol. The molecular formula is C22H20FN5O3. The molecule has 0 unspecified atom stereocenters. The Balaban J connectivity index is 1.43. The van der Waals surface area contributed by atoms with Crippen LogP contribution < -0.4 is 10.1 Å². The fraction of sp³-hybridized carbons (Fsp3) is 0.273. The van der Waals surface area contributed by atoms with Gasteiger partial charge < -0.3 is 14.6 Å². The van der Waals surface area contributed by atoms with Crippen LogP contribution in [-0.4, -0.2) is 38.7 Å². The number of hydrogen-bond donors (Lipinski definition) is 1. The van der Waals surface area contributed by atoms with Gasteiger partial charge in [-0.3, -0.25) is 9.20 Å². The summed E-state index contributed by atoms with van der Waals surface area (Å²) in [6.45, 7) is 3.79. The summed E-state index contributed by atoms with van der Waals surface area (Å²) in [6, 6.07) is 7.26. The number of benzene rings is 1. The number of carbonyl (C=O) groups excluding carboxylic acids is 1. The number of ether oxygens (including phenoxy) is 1. The van der Waals surface area contributed by atoms with E-state index in [0.29, 0.717) is 46.5 Å². The molecule has 0 saturated heterocycles. The Labute approximate surface area is 177 Å². The first-order valence-corrected chi connectivity index (χ1v) is 9.86. The number of alkyl halides is 1. The number of hydrogen-bond acceptors (Lipinski definition) is 6. The van der Waals surface area contributed by atoms with E-state index >= 15 is 0 Å². The Hall–Kier alpha value is -3.75. The fourth-order valence-corrected chi connectivity index (χ4v) is 3.50. The zero-order valence-electron chi connectivity index (χ0n) is 17.2. The van der Waals surface area contributed by atoms with E-state index in [2.05, 4.69) is 20.4 Å². The Morgan fingerprint density at radius 2 is 2.10 bits per heavy atom. The minimum atomic E-state index is -0.907. The molecule has 31 heavy (non-hydrogen) atoms. The minimum Gasteiger partial charge on any atom is -0.496 e. The molecule has 0 spiro atoms. The summed E-state index contributed by atoms with van der Waals surface area (Å²) >= 11 is 0. The maximum Gasteiger partial charge on any atom is 0.274 e. The maximum absolute atomic E-state index is 13.3. The van der Waals surface area contributed by atoms with Crippen molar-refractivity contribution in [3.63, 3.8) is 0 Å². The molecule has 1 amide bonds. The van der Waals surface area contributed by atoms with Crippen molar-refractivity contribution in [3.8, 4) is 17.1 Å². The number of methoxy groups -OCH3 is 1. The van der Waals surface area contributed by atoms with E-state index in [1.807, 2.05) is 32.2 Å². The summed E-state index contributed by atoms with van der Waals surface area (Å²) in [5.74, 6) is 0.776. The number of halogens is 1. The normalized spacial score (nSPS) is 17.7. The molecule has 158 valence electrons. The van der Waals surface area contributed by atoms with Crippen LogP contribution in [0.2, 0.25) is 0 Å². The molecule has 1 aliphatic rings. The number of nitrogens with one attached hydrogen (secondary N) is 1. The van der Waals surface area contributed by atoms with Crippen molar-refractivity contribution >= 4 is 17.2 Å². The largest absolute Gasteiger partial charge is 0.496 e. The zero-order valence-corrected chi connectivity index (χ0v) is 17.2. The molecule has 8 nitrogen and oxygen atoms in total. The standard InChI is InChI=1S/C22H20FN5O3/c1-11-4-5-13(20-26-22(31-27-20)14-7-15(14)23)6-16(11)25-21(29)17-9-24-19-8-18(30-3)12(2)10-28(17)19/h4-6,8-10,14-15H,7H2,1-3H3,(H,25,29)/t14-,15-/m0/s1. The van der Waals surface area contributed by atoms with E-state index in [-0.39, 0.29) is 11.8 Å². The van der Waals surface area contributed by atoms with Gasteiger partial charge in [-0.15, -0.1) is 0 Å². The second-order valence-electron chi connectivity index (χ2n) is 7.69. The first-order chi connectivity index (χ1) is 14.9. The molecule has 0 radical (unpaired) electrons. The SMILES string of the molecule is COc1cc2ncc(C(=O)Nc3cc(-c4noc([C@H]5C[C@@H]5F)n4)ccc3C)n2cc1C. The highest BCUT2D eigenvalue weighted by molar-refractivity contribution is 6.04. The summed E-state index contributed by atoms with van der Waals surface area (Å²) in [5, 5.41) is 6.89. The van der Waals surface area contributed by atoms with Gasteiger partial charge in [0.1, 0.15) is 23.3 Å². The third-order valence-corrected chi connectivity index (χ3v) is 5.47. The maximum atomic E-state index is 13.3. The number of anilines is 1. The summed E-state index contributed by atoms with van der Waals surface area (Å²) in [4.78, 5) is 21.6. The number of amides is 1. The van der Waals surface area contributed by atoms with Crippen molar-refractivity contribution in [2.75, 3.05) is 12.4 Å². The van der Waals surface area contributed by atoms with Gasteiger partial charge in [0.25, 0.3) is 5.91 Å². The van der Waals surface area contributed by atoms with E-state index in [9.17, 15) is 9.18 Å². The van der Waals surface area contributed by atoms with Crippen molar-refractivity contribution in [2.45, 2.75) is 32.4 Å². The smallest absolute Gasteiger partial charge is 0.274 e. The number of carbonyl (C=O) groups is 1. The molecule has 1 N–H and O–H groups in total. The van der Waals surface area contributed by atoms with E-state index in [0.717, 1.165) is 11.1 Å². The van der Waals surface area contributed by atoms with Crippen LogP contribution in [0.25, 0.3) is 17.0 Å². The summed E-state index contributed by atoms with van der Waals surface area (Å²) in [7, 11) is 1.60. The molecule has 1 aliphatic carbocycles. The number of nitrogens with zero attached hydrogens (tertiary/aromatic N) is 4. The highest BCUT2D eigenvalue weighted by atomic mass is 19.1. The third kappa shape index (κ3) is 3.41. The van der Waals surface area contributed by atoms with Crippen molar-refractivity contribution in [3.05, 3.63) is 59.4 Å². The van der Waals surface area contributed by atoms with Crippen LogP contribution in [0.1, 0.15) is 39.8 Å². The van der Waals surface area contributed by atoms with E-state index in [1.165, 1.54) is 6.20 Å². The van der Waals surface area contributed by atoms with E-state index in [4.69, 9.17) is 9.26 Å². The Morgan fingerprint density at radius 3 is 2.84 bits per heavy atom. The van der Waals surface area contributed by atoms with Crippen LogP contribution in [-0.2, 0) is 0 Å². The third-order valence-electron chi connectivity index (χ3n) is 5.47. The van der Waals surface area contributed by atoms with E-state index in [1.54, 1.807) is 23.6 Å². The van der Waals surface area contributed by atoms with Crippen molar-refractivity contribution < 1.29 is 18.4 Å². The Kier molecular flexibility index (Phi) is 4.46. The Morgan fingerprint density at radius 1 is 1.29 bits per heavy atom. The summed E-state index contributed by atoms with van der Waals surface area (Å²) < 4.78 is 25.5. The number of pyridine rings is 1. The lowest BCUT2D eigenvalue weighted by molar-refractivity contribution is 0.102. The molecule has 0 bridgehead atoms. The van der Waals surface area contributed by atoms with Crippen LogP contribution in [0.3, 0.4) is 0 Å². The van der Waals surface area contributed by atoms with Gasteiger partial charge in [0.15, 0.2) is 0 Å². The van der Waals surface area contributed by atoms with Crippen molar-refractivity contribution in [1.29, 1.82) is 0 Å². The molecule has 1 fully saturated rings. The highest BCUT2D eigenvalue weighted by Crippen LogP contribution is 2.43. The number of aromatic nitrogens is 4. The molecule has 1 aromatic carbocycles. The lowest BCUT2D eigenvalue weighted by Crippen LogP contribution is -2.15. The van der Waals surface area contributed by atoms with Gasteiger partial charge in [-0.05, 0) is 31.9 Å². The van der Waals surface area contributed by atoms with Crippen LogP contribution >= 0.6 is 0 Å². The van der Waals surface area contributed by atoms with Gasteiger partial charge in [-0.2, -0.15) is 4.98 Å². The quantitative estimate of drug-likeness (QED) is 0.522. The van der Waals surface area contributed by atoms with Gasteiger partial charge in [-0.1, -0.05) is 17.3 Å². The summed E-state index contributed by atoms with van der Waals surface area (Å²) in [5.41, 5.74) is 4.06. The lowest BCUT2D eigenvalue weighted by Gasteiger charge is -2.10. The molecule has 3 aromatic heterocycles. The van der Waals surface area contributed by atoms with Crippen LogP contribution in [0.15, 0.2) is 41.2 Å². The lowest BCUT2D eigenvalue weighted by atomic mass is 10.1. The number of imidazole rings is 1. The number of rotatable bonds is 5. The van der Waals surface area contributed by atoms with Crippen molar-refractivity contribution in [2.24, 2.45) is 0 Å². The number of fused-ring (bicyclic) bond motifs is 1. The Bertz CT molecular complexity index is 1310. The topological polar surface area (TPSA) is 94.5 Å². The average molecular weight is 421 g/mol. The first kappa shape index (κ1) is 19.2. The molecule has 3 heterocycles. The molecule has 4 aromatic rings. The zero-order chi connectivity index (χ0) is 21.7. The van der Waals surface area contributed by atoms with Gasteiger partial charge >= 0.3 is 0 Å². The predicted molar refractivity (Wildman–Crippen MR) is 111 cm³/mol. The van der Waals surface area contributed by atoms with Gasteiger partial charge in [0.2, 0.25) is 11.7 Å². The van der Waals surface area contributed by atoms with Gasteiger partial charge in [-0.25, -0.2) is 9.37 Å². The molecule has 2 atom stereocenters. The highest BCUT2D eigenvalue weighted by Gasteiger charge is 2.43. The predicted octanol–water partition coefficient (Wildman–Crippen LogP) is 4.09. The summed E-state index contributed by atoms with van der Waals surface area (Å²) in [6.07, 6.45) is 2.85. The molecule has 1 saturated carbocycles. The average Bonchev–Trinajstić information content (AvgIpc) is 3.15. The van der Waals surface area contributed by atoms with Crippen molar-refractivity contribution in [1.82, 2.24) is 19.5 Å². The second kappa shape index (κ2) is 7.19. The minimum absolute atomic E-state index is 0.302. The van der Waals surface area contributed by atoms with Crippen LogP contribution in [0, 0.1) is 13.8 Å². The van der Waals surface area contributed by atoms with Crippen LogP contribution in [0.5, 0.6) is 5.75 Å². The van der Waals surface area contributed by atoms with Gasteiger partial charge in [0.05, 0.1) is 19.2 Å². The first-order valence-electron chi connectivity index (χ1n) is 9.86. The van der Waals surface area contributed by atoms with Crippen LogP contribution in [0.4, 0.5) is 10.1 Å². The second-order valence-corrected chi connectivity index (χ2v) is 7.69. The molecule has 5 rings (SSSR count). The monoisotopic (exact) mass is 421 g/mol. The number of aryl methyl sites for hydroxylation is 2. The van der Waals surface area contributed by atoms with E-state index < -0.39 is 6.17 Å².